The minimum absolute atomic E-state index is 0.275. The number of piperidine rings is 1. The molecule has 31 heavy (non-hydrogen) atoms. The summed E-state index contributed by atoms with van der Waals surface area (Å²) in [4.78, 5) is 14.9. The lowest BCUT2D eigenvalue weighted by atomic mass is 9.93. The Hall–Kier alpha value is -2.44. The van der Waals surface area contributed by atoms with Crippen molar-refractivity contribution >= 4 is 11.5 Å². The van der Waals surface area contributed by atoms with Gasteiger partial charge in [-0.05, 0) is 69.8 Å². The summed E-state index contributed by atoms with van der Waals surface area (Å²) in [5.41, 5.74) is 4.67. The molecule has 3 aliphatic heterocycles. The van der Waals surface area contributed by atoms with Crippen LogP contribution in [0.2, 0.25) is 0 Å². The van der Waals surface area contributed by atoms with Crippen LogP contribution in [0.25, 0.3) is 5.65 Å². The highest BCUT2D eigenvalue weighted by Gasteiger charge is 2.39. The van der Waals surface area contributed by atoms with Crippen LogP contribution in [-0.2, 0) is 0 Å². The number of fused-ring (bicyclic) bond motifs is 3. The van der Waals surface area contributed by atoms with E-state index in [-0.39, 0.29) is 6.04 Å². The third-order valence-electron chi connectivity index (χ3n) is 7.54. The normalized spacial score (nSPS) is 29.0. The highest BCUT2D eigenvalue weighted by atomic mass is 15.4. The lowest BCUT2D eigenvalue weighted by Crippen LogP contribution is -2.53. The Morgan fingerprint density at radius 3 is 2.58 bits per heavy atom. The molecule has 3 aliphatic rings. The molecule has 3 aromatic rings. The van der Waals surface area contributed by atoms with Crippen LogP contribution in [0.15, 0.2) is 42.7 Å². The Labute approximate surface area is 184 Å². The first kappa shape index (κ1) is 19.3. The predicted molar refractivity (Wildman–Crippen MR) is 123 cm³/mol. The molecular weight excluding hydrogens is 384 g/mol. The summed E-state index contributed by atoms with van der Waals surface area (Å²) in [6.45, 7) is 4.47. The number of pyridine rings is 2. The van der Waals surface area contributed by atoms with E-state index in [2.05, 4.69) is 68.9 Å². The van der Waals surface area contributed by atoms with Crippen LogP contribution >= 0.6 is 0 Å². The Kier molecular flexibility index (Phi) is 4.73. The molecule has 1 N–H and O–H groups in total. The Bertz CT molecular complexity index is 1080. The first-order valence-corrected chi connectivity index (χ1v) is 11.8. The van der Waals surface area contributed by atoms with Gasteiger partial charge >= 0.3 is 0 Å². The van der Waals surface area contributed by atoms with Crippen molar-refractivity contribution in [3.63, 3.8) is 0 Å². The molecule has 3 aromatic heterocycles. The monoisotopic (exact) mass is 416 g/mol. The van der Waals surface area contributed by atoms with Gasteiger partial charge in [0.05, 0.1) is 23.5 Å². The van der Waals surface area contributed by atoms with E-state index >= 15 is 0 Å². The van der Waals surface area contributed by atoms with E-state index in [0.717, 1.165) is 37.3 Å². The van der Waals surface area contributed by atoms with E-state index in [1.807, 2.05) is 12.3 Å². The Morgan fingerprint density at radius 2 is 1.77 bits per heavy atom. The SMILES string of the molecule is Cc1cccnc1[C@@H]1CCC[C@H](c2cn3c(N4C5CCC4CN(C)C5)cccc3n2)N1. The van der Waals surface area contributed by atoms with Gasteiger partial charge in [-0.25, -0.2) is 4.98 Å². The van der Waals surface area contributed by atoms with Crippen LogP contribution in [0.4, 0.5) is 5.82 Å². The summed E-state index contributed by atoms with van der Waals surface area (Å²) < 4.78 is 2.34. The molecule has 0 spiro atoms. The van der Waals surface area contributed by atoms with Crippen LogP contribution in [0, 0.1) is 6.92 Å². The number of hydrogen-bond donors (Lipinski definition) is 1. The molecule has 2 bridgehead atoms. The maximum absolute atomic E-state index is 5.07. The maximum atomic E-state index is 5.07. The highest BCUT2D eigenvalue weighted by molar-refractivity contribution is 5.55. The molecule has 6 heteroatoms. The third kappa shape index (κ3) is 3.33. The summed E-state index contributed by atoms with van der Waals surface area (Å²) in [6.07, 6.45) is 10.2. The van der Waals surface area contributed by atoms with Crippen molar-refractivity contribution in [2.24, 2.45) is 0 Å². The molecule has 4 atom stereocenters. The number of likely N-dealkylation sites (N-methyl/N-ethyl adjacent to an activating group) is 1. The third-order valence-corrected chi connectivity index (χ3v) is 7.54. The molecule has 2 unspecified atom stereocenters. The summed E-state index contributed by atoms with van der Waals surface area (Å²) in [5.74, 6) is 1.31. The number of nitrogens with zero attached hydrogens (tertiary/aromatic N) is 5. The quantitative estimate of drug-likeness (QED) is 0.702. The van der Waals surface area contributed by atoms with Gasteiger partial charge in [-0.1, -0.05) is 12.1 Å². The van der Waals surface area contributed by atoms with Crippen LogP contribution in [0.1, 0.15) is 61.1 Å². The molecule has 0 saturated carbocycles. The number of aryl methyl sites for hydroxylation is 1. The van der Waals surface area contributed by atoms with Gasteiger partial charge in [-0.15, -0.1) is 0 Å². The second-order valence-corrected chi connectivity index (χ2v) is 9.70. The van der Waals surface area contributed by atoms with Crippen LogP contribution in [0.5, 0.6) is 0 Å². The van der Waals surface area contributed by atoms with Gasteiger partial charge < -0.3 is 15.1 Å². The molecule has 0 aromatic carbocycles. The number of likely N-dealkylation sites (tertiary alicyclic amines) is 1. The second-order valence-electron chi connectivity index (χ2n) is 9.70. The van der Waals surface area contributed by atoms with Gasteiger partial charge in [0, 0.05) is 37.6 Å². The topological polar surface area (TPSA) is 48.7 Å². The average molecular weight is 417 g/mol. The van der Waals surface area contributed by atoms with E-state index in [0.29, 0.717) is 18.1 Å². The molecular formula is C25H32N6. The molecule has 3 saturated heterocycles. The number of hydrogen-bond acceptors (Lipinski definition) is 5. The van der Waals surface area contributed by atoms with Gasteiger partial charge in [-0.2, -0.15) is 0 Å². The van der Waals surface area contributed by atoms with Crippen molar-refractivity contribution in [2.45, 2.75) is 63.2 Å². The van der Waals surface area contributed by atoms with Gasteiger partial charge in [0.2, 0.25) is 0 Å². The first-order valence-electron chi connectivity index (χ1n) is 11.8. The van der Waals surface area contributed by atoms with Crippen molar-refractivity contribution < 1.29 is 0 Å². The molecule has 162 valence electrons. The first-order chi connectivity index (χ1) is 15.2. The zero-order chi connectivity index (χ0) is 20.9. The number of aromatic nitrogens is 3. The number of imidazole rings is 1. The van der Waals surface area contributed by atoms with Crippen molar-refractivity contribution in [3.8, 4) is 0 Å². The molecule has 6 heterocycles. The van der Waals surface area contributed by atoms with Gasteiger partial charge in [0.1, 0.15) is 11.5 Å². The minimum Gasteiger partial charge on any atom is -0.349 e. The summed E-state index contributed by atoms with van der Waals surface area (Å²) >= 11 is 0. The van der Waals surface area contributed by atoms with E-state index < -0.39 is 0 Å². The molecule has 6 rings (SSSR count). The number of anilines is 1. The zero-order valence-corrected chi connectivity index (χ0v) is 18.5. The zero-order valence-electron chi connectivity index (χ0n) is 18.5. The Morgan fingerprint density at radius 1 is 0.968 bits per heavy atom. The van der Waals surface area contributed by atoms with Gasteiger partial charge in [0.25, 0.3) is 0 Å². The average Bonchev–Trinajstić information content (AvgIpc) is 3.33. The number of nitrogens with one attached hydrogen (secondary N) is 1. The number of piperazine rings is 1. The van der Waals surface area contributed by atoms with Crippen LogP contribution < -0.4 is 10.2 Å². The number of rotatable bonds is 3. The van der Waals surface area contributed by atoms with Crippen molar-refractivity contribution in [1.82, 2.24) is 24.6 Å². The second kappa shape index (κ2) is 7.61. The summed E-state index contributed by atoms with van der Waals surface area (Å²) in [6, 6.07) is 12.6. The lowest BCUT2D eigenvalue weighted by molar-refractivity contribution is 0.263. The minimum atomic E-state index is 0.275. The molecule has 0 aliphatic carbocycles. The van der Waals surface area contributed by atoms with E-state index in [9.17, 15) is 0 Å². The van der Waals surface area contributed by atoms with Crippen LogP contribution in [-0.4, -0.2) is 51.5 Å². The largest absolute Gasteiger partial charge is 0.349 e. The predicted octanol–water partition coefficient (Wildman–Crippen LogP) is 3.88. The lowest BCUT2D eigenvalue weighted by Gasteiger charge is -2.41. The van der Waals surface area contributed by atoms with Gasteiger partial charge in [0.15, 0.2) is 0 Å². The Balaban J connectivity index is 1.31. The van der Waals surface area contributed by atoms with Crippen LogP contribution in [0.3, 0.4) is 0 Å². The molecule has 3 fully saturated rings. The van der Waals surface area contributed by atoms with Crippen molar-refractivity contribution in [1.29, 1.82) is 0 Å². The fraction of sp³-hybridized carbons (Fsp3) is 0.520. The summed E-state index contributed by atoms with van der Waals surface area (Å²) in [5, 5.41) is 3.86. The van der Waals surface area contributed by atoms with E-state index in [1.54, 1.807) is 0 Å². The molecule has 0 amide bonds. The van der Waals surface area contributed by atoms with Crippen molar-refractivity contribution in [3.05, 3.63) is 59.7 Å². The summed E-state index contributed by atoms with van der Waals surface area (Å²) in [7, 11) is 2.26. The van der Waals surface area contributed by atoms with Gasteiger partial charge in [-0.3, -0.25) is 9.38 Å². The fourth-order valence-electron chi connectivity index (χ4n) is 6.13. The fourth-order valence-corrected chi connectivity index (χ4v) is 6.13. The van der Waals surface area contributed by atoms with Crippen molar-refractivity contribution in [2.75, 3.05) is 25.0 Å². The smallest absolute Gasteiger partial charge is 0.138 e. The highest BCUT2D eigenvalue weighted by Crippen LogP contribution is 2.36. The molecule has 6 nitrogen and oxygen atoms in total. The van der Waals surface area contributed by atoms with E-state index in [4.69, 9.17) is 4.98 Å². The maximum Gasteiger partial charge on any atom is 0.138 e. The molecule has 0 radical (unpaired) electrons. The van der Waals surface area contributed by atoms with E-state index in [1.165, 1.54) is 36.3 Å². The standard InChI is InChI=1S/C25H32N6/c1-17-6-5-13-26-25(17)21-8-3-7-20(27-21)22-16-30-23(28-22)9-4-10-24(30)31-18-11-12-19(31)15-29(2)14-18/h4-6,9-10,13,16,18-21,27H,3,7-8,11-12,14-15H2,1-2H3/t18?,19?,20-,21+/m1/s1.